The first-order valence-corrected chi connectivity index (χ1v) is 11.0. The van der Waals surface area contributed by atoms with E-state index in [9.17, 15) is 14.4 Å². The number of benzene rings is 1. The second-order valence-electron chi connectivity index (χ2n) is 7.78. The standard InChI is InChI=1S/C21H24N6O3S/c1-12-7-4-5-10-22-18(29)19-23-15(11-31-19)17(28)25-21-24-14-9-6-8-13(16(14)27(12)21)20(30)26(2)3/h6,8-9,11-12H,4-5,7,10H2,1-3H3,(H,22,29)(H,24,25,28). The number of carbonyl (C=O) groups is 3. The molecule has 2 bridgehead atoms. The smallest absolute Gasteiger partial charge is 0.299 e. The van der Waals surface area contributed by atoms with Crippen molar-refractivity contribution < 1.29 is 14.4 Å². The first kappa shape index (κ1) is 21.0. The molecule has 2 aromatic rings. The molecule has 1 aromatic carbocycles. The molecule has 0 radical (unpaired) electrons. The molecule has 0 aliphatic carbocycles. The van der Waals surface area contributed by atoms with E-state index >= 15 is 0 Å². The summed E-state index contributed by atoms with van der Waals surface area (Å²) in [6.07, 6.45) is 2.47. The number of hydrogen-bond donors (Lipinski definition) is 2. The van der Waals surface area contributed by atoms with E-state index in [1.54, 1.807) is 20.2 Å². The van der Waals surface area contributed by atoms with E-state index in [-0.39, 0.29) is 28.6 Å². The Morgan fingerprint density at radius 3 is 2.84 bits per heavy atom. The van der Waals surface area contributed by atoms with Crippen LogP contribution in [0.2, 0.25) is 0 Å². The molecule has 2 aliphatic rings. The van der Waals surface area contributed by atoms with Gasteiger partial charge in [-0.15, -0.1) is 11.3 Å². The van der Waals surface area contributed by atoms with Crippen molar-refractivity contribution >= 4 is 46.4 Å². The zero-order valence-corrected chi connectivity index (χ0v) is 18.5. The summed E-state index contributed by atoms with van der Waals surface area (Å²) in [5.41, 5.74) is 2.12. The number of anilines is 2. The van der Waals surface area contributed by atoms with Gasteiger partial charge in [0, 0.05) is 32.1 Å². The lowest BCUT2D eigenvalue weighted by Gasteiger charge is -2.28. The van der Waals surface area contributed by atoms with Gasteiger partial charge < -0.3 is 20.4 Å². The molecule has 1 atom stereocenters. The molecular formula is C21H24N6O3S. The fourth-order valence-corrected chi connectivity index (χ4v) is 4.42. The summed E-state index contributed by atoms with van der Waals surface area (Å²) in [6, 6.07) is 5.43. The van der Waals surface area contributed by atoms with Crippen LogP contribution < -0.4 is 15.5 Å². The van der Waals surface area contributed by atoms with Gasteiger partial charge in [-0.25, -0.2) is 4.98 Å². The van der Waals surface area contributed by atoms with Gasteiger partial charge in [0.25, 0.3) is 17.7 Å². The highest BCUT2D eigenvalue weighted by Gasteiger charge is 2.34. The molecule has 10 heteroatoms. The van der Waals surface area contributed by atoms with Gasteiger partial charge in [-0.1, -0.05) is 6.07 Å². The molecule has 0 saturated heterocycles. The molecule has 0 saturated carbocycles. The van der Waals surface area contributed by atoms with Crippen molar-refractivity contribution in [3.05, 3.63) is 39.8 Å². The molecule has 0 fully saturated rings. The van der Waals surface area contributed by atoms with Crippen molar-refractivity contribution in [1.82, 2.24) is 15.2 Å². The van der Waals surface area contributed by atoms with E-state index in [4.69, 9.17) is 0 Å². The summed E-state index contributed by atoms with van der Waals surface area (Å²) >= 11 is 1.12. The van der Waals surface area contributed by atoms with Crippen LogP contribution in [0.25, 0.3) is 0 Å². The number of amides is 3. The van der Waals surface area contributed by atoms with E-state index in [1.807, 2.05) is 24.0 Å². The number of hydrogen-bond acceptors (Lipinski definition) is 7. The molecule has 3 heterocycles. The van der Waals surface area contributed by atoms with E-state index in [2.05, 4.69) is 20.6 Å². The summed E-state index contributed by atoms with van der Waals surface area (Å²) in [5.74, 6) is -0.575. The number of carbonyl (C=O) groups excluding carboxylic acids is 3. The first-order valence-electron chi connectivity index (χ1n) is 10.1. The summed E-state index contributed by atoms with van der Waals surface area (Å²) in [5, 5.41) is 7.83. The molecule has 31 heavy (non-hydrogen) atoms. The second kappa shape index (κ2) is 8.46. The molecule has 0 spiro atoms. The Morgan fingerprint density at radius 1 is 1.26 bits per heavy atom. The molecule has 1 unspecified atom stereocenters. The van der Waals surface area contributed by atoms with E-state index < -0.39 is 5.91 Å². The third-order valence-electron chi connectivity index (χ3n) is 5.29. The first-order chi connectivity index (χ1) is 14.9. The van der Waals surface area contributed by atoms with Gasteiger partial charge >= 0.3 is 0 Å². The lowest BCUT2D eigenvalue weighted by atomic mass is 10.1. The summed E-state index contributed by atoms with van der Waals surface area (Å²) in [6.45, 7) is 2.58. The number of aromatic nitrogens is 1. The van der Waals surface area contributed by atoms with Gasteiger partial charge in [0.15, 0.2) is 5.01 Å². The van der Waals surface area contributed by atoms with Crippen molar-refractivity contribution in [1.29, 1.82) is 0 Å². The Hall–Kier alpha value is -3.27. The molecule has 3 amide bonds. The Labute approximate surface area is 184 Å². The predicted octanol–water partition coefficient (Wildman–Crippen LogP) is 2.58. The Bertz CT molecular complexity index is 1080. The maximum Gasteiger partial charge on any atom is 0.299 e. The fraction of sp³-hybridized carbons (Fsp3) is 0.381. The maximum absolute atomic E-state index is 12.8. The van der Waals surface area contributed by atoms with Crippen LogP contribution in [0.3, 0.4) is 0 Å². The SMILES string of the molecule is CC1CCCCNC(=O)c2nc(cs2)C(=O)/N=C2\Nc3cccc(C(=O)N(C)C)c3N21. The van der Waals surface area contributed by atoms with Crippen molar-refractivity contribution in [2.45, 2.75) is 32.2 Å². The topological polar surface area (TPSA) is 107 Å². The van der Waals surface area contributed by atoms with Crippen LogP contribution in [0.15, 0.2) is 28.6 Å². The van der Waals surface area contributed by atoms with Crippen molar-refractivity contribution in [3.8, 4) is 0 Å². The fourth-order valence-electron chi connectivity index (χ4n) is 3.72. The number of nitrogens with zero attached hydrogens (tertiary/aromatic N) is 4. The summed E-state index contributed by atoms with van der Waals surface area (Å²) in [4.78, 5) is 49.8. The van der Waals surface area contributed by atoms with E-state index in [0.29, 0.717) is 18.1 Å². The number of thiazole rings is 1. The zero-order valence-electron chi connectivity index (χ0n) is 17.6. The minimum Gasteiger partial charge on any atom is -0.350 e. The van der Waals surface area contributed by atoms with Crippen LogP contribution >= 0.6 is 11.3 Å². The van der Waals surface area contributed by atoms with Crippen LogP contribution in [0, 0.1) is 0 Å². The number of guanidine groups is 1. The highest BCUT2D eigenvalue weighted by Crippen LogP contribution is 2.38. The van der Waals surface area contributed by atoms with Crippen LogP contribution in [-0.2, 0) is 0 Å². The van der Waals surface area contributed by atoms with E-state index in [0.717, 1.165) is 42.0 Å². The average molecular weight is 441 g/mol. The van der Waals surface area contributed by atoms with Crippen LogP contribution in [0.5, 0.6) is 0 Å². The number of rotatable bonds is 1. The minimum atomic E-state index is -0.541. The number of nitrogens with one attached hydrogen (secondary N) is 2. The molecule has 2 aliphatic heterocycles. The van der Waals surface area contributed by atoms with Gasteiger partial charge in [-0.2, -0.15) is 4.99 Å². The van der Waals surface area contributed by atoms with Gasteiger partial charge in [0.05, 0.1) is 16.9 Å². The van der Waals surface area contributed by atoms with Crippen molar-refractivity contribution in [2.24, 2.45) is 4.99 Å². The van der Waals surface area contributed by atoms with Crippen molar-refractivity contribution in [3.63, 3.8) is 0 Å². The molecule has 9 nitrogen and oxygen atoms in total. The molecular weight excluding hydrogens is 416 g/mol. The average Bonchev–Trinajstić information content (AvgIpc) is 3.36. The molecule has 2 N–H and O–H groups in total. The number of fused-ring (bicyclic) bond motifs is 5. The van der Waals surface area contributed by atoms with Gasteiger partial charge in [0.2, 0.25) is 5.96 Å². The van der Waals surface area contributed by atoms with Gasteiger partial charge in [-0.3, -0.25) is 14.4 Å². The Morgan fingerprint density at radius 2 is 2.06 bits per heavy atom. The lowest BCUT2D eigenvalue weighted by molar-refractivity contribution is 0.0827. The number of para-hydroxylation sites is 1. The highest BCUT2D eigenvalue weighted by molar-refractivity contribution is 7.11. The van der Waals surface area contributed by atoms with Gasteiger partial charge in [-0.05, 0) is 38.3 Å². The number of aliphatic imine (C=N–C) groups is 1. The quantitative estimate of drug-likeness (QED) is 0.706. The zero-order chi connectivity index (χ0) is 22.1. The Kier molecular flexibility index (Phi) is 5.73. The van der Waals surface area contributed by atoms with E-state index in [1.165, 1.54) is 10.3 Å². The van der Waals surface area contributed by atoms with Crippen LogP contribution in [-0.4, -0.2) is 60.2 Å². The predicted molar refractivity (Wildman–Crippen MR) is 120 cm³/mol. The maximum atomic E-state index is 12.8. The van der Waals surface area contributed by atoms with Gasteiger partial charge in [0.1, 0.15) is 5.69 Å². The molecule has 4 rings (SSSR count). The normalized spacial score (nSPS) is 20.5. The largest absolute Gasteiger partial charge is 0.350 e. The molecule has 162 valence electrons. The summed E-state index contributed by atoms with van der Waals surface area (Å²) < 4.78 is 0. The van der Waals surface area contributed by atoms with Crippen molar-refractivity contribution in [2.75, 3.05) is 30.9 Å². The monoisotopic (exact) mass is 440 g/mol. The van der Waals surface area contributed by atoms with Crippen LogP contribution in [0.4, 0.5) is 11.4 Å². The molecule has 1 aromatic heterocycles. The third kappa shape index (κ3) is 4.02. The lowest BCUT2D eigenvalue weighted by Crippen LogP contribution is -2.40. The highest BCUT2D eigenvalue weighted by atomic mass is 32.1. The van der Waals surface area contributed by atoms with Crippen LogP contribution in [0.1, 0.15) is 56.8 Å². The summed E-state index contributed by atoms with van der Waals surface area (Å²) in [7, 11) is 3.42. The third-order valence-corrected chi connectivity index (χ3v) is 6.13. The Balaban J connectivity index is 1.79. The minimum absolute atomic E-state index is 0.0268. The second-order valence-corrected chi connectivity index (χ2v) is 8.63.